The molecule has 0 radical (unpaired) electrons. The van der Waals surface area contributed by atoms with Crippen LogP contribution < -0.4 is 0 Å². The summed E-state index contributed by atoms with van der Waals surface area (Å²) in [6.07, 6.45) is 2.50. The van der Waals surface area contributed by atoms with Crippen LogP contribution in [0.25, 0.3) is 5.57 Å². The lowest BCUT2D eigenvalue weighted by atomic mass is 10.1. The Morgan fingerprint density at radius 2 is 1.92 bits per heavy atom. The van der Waals surface area contributed by atoms with Crippen molar-refractivity contribution in [3.05, 3.63) is 42.2 Å². The van der Waals surface area contributed by atoms with Crippen molar-refractivity contribution in [1.82, 2.24) is 0 Å². The molecular formula is C10H8OS. The maximum Gasteiger partial charge on any atom is 0.170 e. The van der Waals surface area contributed by atoms with Gasteiger partial charge in [0.25, 0.3) is 0 Å². The van der Waals surface area contributed by atoms with Crippen LogP contribution in [0.2, 0.25) is 0 Å². The Balaban J connectivity index is 2.28. The fourth-order valence-electron chi connectivity index (χ4n) is 1.20. The highest BCUT2D eigenvalue weighted by molar-refractivity contribution is 7.80. The predicted molar refractivity (Wildman–Crippen MR) is 52.7 cm³/mol. The molecule has 0 saturated carbocycles. The molecule has 0 bridgehead atoms. The average molecular weight is 176 g/mol. The van der Waals surface area contributed by atoms with E-state index in [2.05, 4.69) is 12.1 Å². The van der Waals surface area contributed by atoms with Gasteiger partial charge in [0.2, 0.25) is 0 Å². The second-order valence-corrected chi connectivity index (χ2v) is 3.13. The van der Waals surface area contributed by atoms with Crippen molar-refractivity contribution in [1.29, 1.82) is 0 Å². The van der Waals surface area contributed by atoms with E-state index in [0.29, 0.717) is 5.05 Å². The van der Waals surface area contributed by atoms with Crippen LogP contribution in [0.4, 0.5) is 0 Å². The Bertz CT molecular complexity index is 327. The Kier molecular flexibility index (Phi) is 1.92. The smallest absolute Gasteiger partial charge is 0.170 e. The lowest BCUT2D eigenvalue weighted by Gasteiger charge is -1.96. The molecule has 0 aromatic heterocycles. The Morgan fingerprint density at radius 1 is 1.17 bits per heavy atom. The van der Waals surface area contributed by atoms with Gasteiger partial charge in [-0.25, -0.2) is 0 Å². The summed E-state index contributed by atoms with van der Waals surface area (Å²) in [4.78, 5) is 0. The van der Waals surface area contributed by atoms with E-state index in [-0.39, 0.29) is 0 Å². The number of rotatable bonds is 1. The second kappa shape index (κ2) is 3.07. The minimum absolute atomic E-state index is 0.661. The number of benzene rings is 1. The predicted octanol–water partition coefficient (Wildman–Crippen LogP) is 2.78. The van der Waals surface area contributed by atoms with E-state index >= 15 is 0 Å². The molecule has 0 fully saturated rings. The molecule has 12 heavy (non-hydrogen) atoms. The molecule has 0 unspecified atom stereocenters. The molecule has 0 saturated heterocycles. The third-order valence-corrected chi connectivity index (χ3v) is 2.05. The van der Waals surface area contributed by atoms with Gasteiger partial charge in [0.15, 0.2) is 5.05 Å². The topological polar surface area (TPSA) is 9.23 Å². The SMILES string of the molecule is S=C1CC(c2ccccc2)=CO1. The minimum atomic E-state index is 0.661. The molecule has 2 heteroatoms. The zero-order chi connectivity index (χ0) is 8.39. The van der Waals surface area contributed by atoms with E-state index in [1.54, 1.807) is 6.26 Å². The summed E-state index contributed by atoms with van der Waals surface area (Å²) in [5, 5.41) is 0.661. The highest BCUT2D eigenvalue weighted by Gasteiger charge is 2.12. The van der Waals surface area contributed by atoms with Gasteiger partial charge in [-0.1, -0.05) is 30.3 Å². The van der Waals surface area contributed by atoms with Crippen molar-refractivity contribution < 1.29 is 4.74 Å². The van der Waals surface area contributed by atoms with Crippen molar-refractivity contribution >= 4 is 22.8 Å². The normalized spacial score (nSPS) is 15.7. The van der Waals surface area contributed by atoms with Crippen LogP contribution in [0, 0.1) is 0 Å². The van der Waals surface area contributed by atoms with Gasteiger partial charge in [-0.3, -0.25) is 0 Å². The summed E-state index contributed by atoms with van der Waals surface area (Å²) in [5.41, 5.74) is 2.36. The molecule has 0 amide bonds. The summed E-state index contributed by atoms with van der Waals surface area (Å²) < 4.78 is 5.09. The fraction of sp³-hybridized carbons (Fsp3) is 0.100. The molecule has 2 rings (SSSR count). The lowest BCUT2D eigenvalue weighted by molar-refractivity contribution is 0.496. The number of ether oxygens (including phenoxy) is 1. The van der Waals surface area contributed by atoms with Crippen LogP contribution in [0.15, 0.2) is 36.6 Å². The van der Waals surface area contributed by atoms with Crippen LogP contribution in [0.5, 0.6) is 0 Å². The standard InChI is InChI=1S/C10H8OS/c12-10-6-9(7-11-10)8-4-2-1-3-5-8/h1-5,7H,6H2. The van der Waals surface area contributed by atoms with Crippen LogP contribution in [0.3, 0.4) is 0 Å². The third kappa shape index (κ3) is 1.38. The van der Waals surface area contributed by atoms with Gasteiger partial charge in [-0.2, -0.15) is 0 Å². The molecule has 1 aromatic rings. The molecule has 1 nitrogen and oxygen atoms in total. The van der Waals surface area contributed by atoms with Gasteiger partial charge in [-0.05, 0) is 17.8 Å². The van der Waals surface area contributed by atoms with Crippen LogP contribution in [-0.4, -0.2) is 5.05 Å². The average Bonchev–Trinajstić information content (AvgIpc) is 2.54. The van der Waals surface area contributed by atoms with E-state index in [1.165, 1.54) is 11.1 Å². The molecule has 0 spiro atoms. The summed E-state index contributed by atoms with van der Waals surface area (Å²) in [6, 6.07) is 10.1. The van der Waals surface area contributed by atoms with E-state index in [4.69, 9.17) is 17.0 Å². The number of hydrogen-bond acceptors (Lipinski definition) is 2. The second-order valence-electron chi connectivity index (χ2n) is 2.68. The molecular weight excluding hydrogens is 168 g/mol. The van der Waals surface area contributed by atoms with Gasteiger partial charge in [0, 0.05) is 12.0 Å². The first-order valence-electron chi connectivity index (χ1n) is 3.80. The van der Waals surface area contributed by atoms with E-state index in [1.807, 2.05) is 18.2 Å². The van der Waals surface area contributed by atoms with E-state index in [0.717, 1.165) is 6.42 Å². The molecule has 0 N–H and O–H groups in total. The maximum absolute atomic E-state index is 5.09. The summed E-state index contributed by atoms with van der Waals surface area (Å²) in [6.45, 7) is 0. The number of thiocarbonyl (C=S) groups is 1. The van der Waals surface area contributed by atoms with E-state index < -0.39 is 0 Å². The molecule has 1 aromatic carbocycles. The summed E-state index contributed by atoms with van der Waals surface area (Å²) >= 11 is 4.92. The van der Waals surface area contributed by atoms with Crippen molar-refractivity contribution in [3.8, 4) is 0 Å². The van der Waals surface area contributed by atoms with Crippen molar-refractivity contribution in [2.45, 2.75) is 6.42 Å². The Labute approximate surface area is 76.7 Å². The molecule has 1 heterocycles. The Morgan fingerprint density at radius 3 is 2.50 bits per heavy atom. The molecule has 0 atom stereocenters. The fourth-order valence-corrected chi connectivity index (χ4v) is 1.40. The van der Waals surface area contributed by atoms with Crippen molar-refractivity contribution in [2.75, 3.05) is 0 Å². The van der Waals surface area contributed by atoms with Gasteiger partial charge < -0.3 is 4.74 Å². The highest BCUT2D eigenvalue weighted by atomic mass is 32.1. The lowest BCUT2D eigenvalue weighted by Crippen LogP contribution is -1.87. The van der Waals surface area contributed by atoms with Crippen LogP contribution in [0.1, 0.15) is 12.0 Å². The molecule has 1 aliphatic heterocycles. The van der Waals surface area contributed by atoms with Gasteiger partial charge in [-0.15, -0.1) is 0 Å². The maximum atomic E-state index is 5.09. The first-order valence-corrected chi connectivity index (χ1v) is 4.21. The van der Waals surface area contributed by atoms with E-state index in [9.17, 15) is 0 Å². The summed E-state index contributed by atoms with van der Waals surface area (Å²) in [5.74, 6) is 0. The molecule has 1 aliphatic rings. The van der Waals surface area contributed by atoms with Crippen LogP contribution in [-0.2, 0) is 4.74 Å². The quantitative estimate of drug-likeness (QED) is 0.608. The van der Waals surface area contributed by atoms with Crippen molar-refractivity contribution in [2.24, 2.45) is 0 Å². The summed E-state index contributed by atoms with van der Waals surface area (Å²) in [7, 11) is 0. The first kappa shape index (κ1) is 7.50. The van der Waals surface area contributed by atoms with Gasteiger partial charge in [0.1, 0.15) is 0 Å². The van der Waals surface area contributed by atoms with Gasteiger partial charge in [0.05, 0.1) is 6.26 Å². The number of hydrogen-bond donors (Lipinski definition) is 0. The van der Waals surface area contributed by atoms with Crippen LogP contribution >= 0.6 is 12.2 Å². The highest BCUT2D eigenvalue weighted by Crippen LogP contribution is 2.23. The zero-order valence-electron chi connectivity index (χ0n) is 6.49. The largest absolute Gasteiger partial charge is 0.457 e. The molecule has 60 valence electrons. The Hall–Kier alpha value is -1.15. The molecule has 0 aliphatic carbocycles. The minimum Gasteiger partial charge on any atom is -0.457 e. The van der Waals surface area contributed by atoms with Gasteiger partial charge >= 0.3 is 0 Å². The van der Waals surface area contributed by atoms with Crippen molar-refractivity contribution in [3.63, 3.8) is 0 Å². The first-order chi connectivity index (χ1) is 5.86. The third-order valence-electron chi connectivity index (χ3n) is 1.81. The zero-order valence-corrected chi connectivity index (χ0v) is 7.30. The monoisotopic (exact) mass is 176 g/mol.